The van der Waals surface area contributed by atoms with E-state index in [0.717, 1.165) is 19.4 Å². The number of carbonyl (C=O) groups excluding carboxylic acids is 1. The van der Waals surface area contributed by atoms with Crippen LogP contribution >= 0.6 is 0 Å². The number of nitrogens with one attached hydrogen (secondary N) is 1. The Balaban J connectivity index is 2.39. The highest BCUT2D eigenvalue weighted by Crippen LogP contribution is 2.13. The molecule has 0 aromatic rings. The van der Waals surface area contributed by atoms with Gasteiger partial charge in [-0.15, -0.1) is 0 Å². The summed E-state index contributed by atoms with van der Waals surface area (Å²) in [7, 11) is 5.47. The zero-order chi connectivity index (χ0) is 15.1. The molecule has 0 bridgehead atoms. The number of amides is 2. The van der Waals surface area contributed by atoms with Gasteiger partial charge in [0.2, 0.25) is 0 Å². The molecule has 0 aromatic heterocycles. The molecule has 0 aliphatic carbocycles. The highest BCUT2D eigenvalue weighted by atomic mass is 16.5. The molecule has 2 unspecified atom stereocenters. The summed E-state index contributed by atoms with van der Waals surface area (Å²) in [6, 6.07) is 0.232. The highest BCUT2D eigenvalue weighted by molar-refractivity contribution is 5.74. The van der Waals surface area contributed by atoms with Gasteiger partial charge in [-0.2, -0.15) is 0 Å². The van der Waals surface area contributed by atoms with Crippen molar-refractivity contribution in [1.82, 2.24) is 15.1 Å². The van der Waals surface area contributed by atoms with Crippen molar-refractivity contribution in [3.05, 3.63) is 0 Å². The van der Waals surface area contributed by atoms with Gasteiger partial charge in [0.15, 0.2) is 0 Å². The molecule has 0 saturated carbocycles. The molecule has 2 N–H and O–H groups in total. The fourth-order valence-corrected chi connectivity index (χ4v) is 2.31. The summed E-state index contributed by atoms with van der Waals surface area (Å²) in [6.45, 7) is 1.66. The van der Waals surface area contributed by atoms with Crippen LogP contribution in [-0.2, 0) is 9.53 Å². The minimum absolute atomic E-state index is 0.114. The van der Waals surface area contributed by atoms with E-state index in [-0.39, 0.29) is 19.0 Å². The first-order valence-electron chi connectivity index (χ1n) is 6.87. The number of aliphatic carboxylic acids is 1. The van der Waals surface area contributed by atoms with Gasteiger partial charge in [-0.3, -0.25) is 4.79 Å². The summed E-state index contributed by atoms with van der Waals surface area (Å²) in [5.41, 5.74) is 0. The van der Waals surface area contributed by atoms with Crippen molar-refractivity contribution in [1.29, 1.82) is 0 Å². The van der Waals surface area contributed by atoms with E-state index in [2.05, 4.69) is 10.2 Å². The zero-order valence-electron chi connectivity index (χ0n) is 12.5. The third-order valence-electron chi connectivity index (χ3n) is 3.63. The van der Waals surface area contributed by atoms with Crippen molar-refractivity contribution in [2.24, 2.45) is 0 Å². The Hall–Kier alpha value is -1.34. The van der Waals surface area contributed by atoms with Crippen LogP contribution in [0.3, 0.4) is 0 Å². The van der Waals surface area contributed by atoms with Gasteiger partial charge in [-0.05, 0) is 26.9 Å². The molecule has 7 nitrogen and oxygen atoms in total. The maximum absolute atomic E-state index is 12.1. The van der Waals surface area contributed by atoms with Crippen LogP contribution in [0.1, 0.15) is 19.3 Å². The number of carboxylic acid groups (broad SMARTS) is 1. The molecule has 20 heavy (non-hydrogen) atoms. The van der Waals surface area contributed by atoms with Crippen LogP contribution in [0.2, 0.25) is 0 Å². The van der Waals surface area contributed by atoms with Crippen LogP contribution in [0.25, 0.3) is 0 Å². The average Bonchev–Trinajstić information content (AvgIpc) is 2.42. The van der Waals surface area contributed by atoms with Gasteiger partial charge in [0.25, 0.3) is 0 Å². The predicted molar refractivity (Wildman–Crippen MR) is 74.7 cm³/mol. The molecule has 1 fully saturated rings. The number of likely N-dealkylation sites (tertiary alicyclic amines) is 1. The zero-order valence-corrected chi connectivity index (χ0v) is 12.5. The van der Waals surface area contributed by atoms with Gasteiger partial charge < -0.3 is 25.0 Å². The monoisotopic (exact) mass is 287 g/mol. The van der Waals surface area contributed by atoms with E-state index < -0.39 is 12.1 Å². The number of hydrogen-bond donors (Lipinski definition) is 2. The van der Waals surface area contributed by atoms with E-state index in [0.29, 0.717) is 12.6 Å². The second-order valence-electron chi connectivity index (χ2n) is 5.35. The standard InChI is InChI=1S/C13H25N3O4/c1-15(2)10-5-4-6-16(9-10)13(19)14-8-11(20-3)7-12(17)18/h10-11H,4-9H2,1-3H3,(H,14,19)(H,17,18). The number of hydrogen-bond acceptors (Lipinski definition) is 4. The fourth-order valence-electron chi connectivity index (χ4n) is 2.31. The Labute approximate surface area is 119 Å². The molecule has 0 aromatic carbocycles. The van der Waals surface area contributed by atoms with Crippen LogP contribution in [0.15, 0.2) is 0 Å². The molecule has 1 aliphatic heterocycles. The Morgan fingerprint density at radius 3 is 2.75 bits per heavy atom. The van der Waals surface area contributed by atoms with Gasteiger partial charge in [0, 0.05) is 32.8 Å². The first-order chi connectivity index (χ1) is 9.43. The summed E-state index contributed by atoms with van der Waals surface area (Å²) in [4.78, 5) is 26.6. The lowest BCUT2D eigenvalue weighted by Crippen LogP contribution is -2.51. The molecule has 1 rings (SSSR count). The first kappa shape index (κ1) is 16.7. The third kappa shape index (κ3) is 5.34. The molecule has 2 amide bonds. The lowest BCUT2D eigenvalue weighted by Gasteiger charge is -2.36. The number of carboxylic acids is 1. The Morgan fingerprint density at radius 2 is 2.20 bits per heavy atom. The molecule has 0 radical (unpaired) electrons. The largest absolute Gasteiger partial charge is 0.481 e. The molecule has 0 spiro atoms. The van der Waals surface area contributed by atoms with Crippen LogP contribution in [0.4, 0.5) is 4.79 Å². The van der Waals surface area contributed by atoms with E-state index in [9.17, 15) is 9.59 Å². The normalized spacial score (nSPS) is 20.8. The predicted octanol–water partition coefficient (Wildman–Crippen LogP) is 0.212. The van der Waals surface area contributed by atoms with Crippen molar-refractivity contribution in [3.8, 4) is 0 Å². The van der Waals surface area contributed by atoms with Gasteiger partial charge in [0.1, 0.15) is 0 Å². The van der Waals surface area contributed by atoms with E-state index in [4.69, 9.17) is 9.84 Å². The van der Waals surface area contributed by atoms with Crippen LogP contribution in [0.5, 0.6) is 0 Å². The van der Waals surface area contributed by atoms with Crippen LogP contribution < -0.4 is 5.32 Å². The number of rotatable bonds is 6. The Bertz CT molecular complexity index is 336. The Kier molecular flexibility index (Phi) is 6.74. The lowest BCUT2D eigenvalue weighted by atomic mass is 10.1. The van der Waals surface area contributed by atoms with Crippen molar-refractivity contribution in [2.45, 2.75) is 31.4 Å². The van der Waals surface area contributed by atoms with Crippen molar-refractivity contribution in [2.75, 3.05) is 40.8 Å². The maximum Gasteiger partial charge on any atom is 0.317 e. The molecule has 1 saturated heterocycles. The second-order valence-corrected chi connectivity index (χ2v) is 5.35. The van der Waals surface area contributed by atoms with E-state index in [1.54, 1.807) is 4.90 Å². The molecule has 1 heterocycles. The number of likely N-dealkylation sites (N-methyl/N-ethyl adjacent to an activating group) is 1. The van der Waals surface area contributed by atoms with Gasteiger partial charge in [-0.25, -0.2) is 4.79 Å². The number of ether oxygens (including phenoxy) is 1. The van der Waals surface area contributed by atoms with E-state index in [1.165, 1.54) is 7.11 Å². The van der Waals surface area contributed by atoms with E-state index >= 15 is 0 Å². The summed E-state index contributed by atoms with van der Waals surface area (Å²) >= 11 is 0. The average molecular weight is 287 g/mol. The lowest BCUT2D eigenvalue weighted by molar-refractivity contribution is -0.139. The minimum Gasteiger partial charge on any atom is -0.481 e. The maximum atomic E-state index is 12.1. The number of urea groups is 1. The summed E-state index contributed by atoms with van der Waals surface area (Å²) in [5, 5.41) is 11.5. The molecule has 2 atom stereocenters. The van der Waals surface area contributed by atoms with Crippen LogP contribution in [0, 0.1) is 0 Å². The summed E-state index contributed by atoms with van der Waals surface area (Å²) in [5.74, 6) is -0.934. The first-order valence-corrected chi connectivity index (χ1v) is 6.87. The molecule has 1 aliphatic rings. The molecule has 116 valence electrons. The number of methoxy groups -OCH3 is 1. The molecular weight excluding hydrogens is 262 g/mol. The number of piperidine rings is 1. The summed E-state index contributed by atoms with van der Waals surface area (Å²) in [6.07, 6.45) is 1.47. The number of carbonyl (C=O) groups is 2. The third-order valence-corrected chi connectivity index (χ3v) is 3.63. The van der Waals surface area contributed by atoms with Gasteiger partial charge >= 0.3 is 12.0 Å². The SMILES string of the molecule is COC(CNC(=O)N1CCCC(N(C)C)C1)CC(=O)O. The van der Waals surface area contributed by atoms with Crippen LogP contribution in [-0.4, -0.2) is 79.9 Å². The smallest absolute Gasteiger partial charge is 0.317 e. The molecular formula is C13H25N3O4. The highest BCUT2D eigenvalue weighted by Gasteiger charge is 2.25. The second kappa shape index (κ2) is 8.06. The number of nitrogens with zero attached hydrogens (tertiary/aromatic N) is 2. The summed E-state index contributed by atoms with van der Waals surface area (Å²) < 4.78 is 5.04. The Morgan fingerprint density at radius 1 is 1.50 bits per heavy atom. The van der Waals surface area contributed by atoms with Gasteiger partial charge in [-0.1, -0.05) is 0 Å². The van der Waals surface area contributed by atoms with E-state index in [1.807, 2.05) is 14.1 Å². The topological polar surface area (TPSA) is 82.1 Å². The van der Waals surface area contributed by atoms with Crippen molar-refractivity contribution < 1.29 is 19.4 Å². The fraction of sp³-hybridized carbons (Fsp3) is 0.846. The van der Waals surface area contributed by atoms with Crippen molar-refractivity contribution in [3.63, 3.8) is 0 Å². The van der Waals surface area contributed by atoms with Crippen molar-refractivity contribution >= 4 is 12.0 Å². The van der Waals surface area contributed by atoms with Gasteiger partial charge in [0.05, 0.1) is 12.5 Å². The quantitative estimate of drug-likeness (QED) is 0.730. The minimum atomic E-state index is -0.934. The molecule has 7 heteroatoms.